The molecule has 2 saturated heterocycles. The van der Waals surface area contributed by atoms with Crippen molar-refractivity contribution in [2.45, 2.75) is 58.0 Å². The number of rotatable bonds is 0. The van der Waals surface area contributed by atoms with Crippen molar-refractivity contribution in [3.63, 3.8) is 0 Å². The molecule has 0 radical (unpaired) electrons. The van der Waals surface area contributed by atoms with Gasteiger partial charge in [-0.25, -0.2) is 4.67 Å². The molecular weight excluding hydrogens is 209 g/mol. The van der Waals surface area contributed by atoms with Gasteiger partial charge in [-0.05, 0) is 25.2 Å². The summed E-state index contributed by atoms with van der Waals surface area (Å²) in [5.74, 6) is 0.861. The van der Waals surface area contributed by atoms with Crippen LogP contribution < -0.4 is 0 Å². The predicted octanol–water partition coefficient (Wildman–Crippen LogP) is 2.90. The van der Waals surface area contributed by atoms with Crippen LogP contribution in [0.25, 0.3) is 0 Å². The zero-order valence-electron chi connectivity index (χ0n) is 9.72. The summed E-state index contributed by atoms with van der Waals surface area (Å²) in [7, 11) is -1.22. The van der Waals surface area contributed by atoms with Crippen LogP contribution in [0.4, 0.5) is 0 Å². The molecule has 0 amide bonds. The summed E-state index contributed by atoms with van der Waals surface area (Å²) in [5.41, 5.74) is 0. The van der Waals surface area contributed by atoms with Crippen molar-refractivity contribution >= 4 is 8.53 Å². The molecule has 0 bridgehead atoms. The van der Waals surface area contributed by atoms with Gasteiger partial charge in [0.05, 0.1) is 6.61 Å². The maximum absolute atomic E-state index is 9.71. The molecule has 0 spiro atoms. The van der Waals surface area contributed by atoms with E-state index in [9.17, 15) is 4.89 Å². The van der Waals surface area contributed by atoms with Crippen molar-refractivity contribution in [3.05, 3.63) is 0 Å². The van der Waals surface area contributed by atoms with Crippen molar-refractivity contribution in [2.24, 2.45) is 5.92 Å². The Morgan fingerprint density at radius 1 is 1.27 bits per heavy atom. The summed E-state index contributed by atoms with van der Waals surface area (Å²) in [6.45, 7) is 4.77. The molecule has 4 heteroatoms. The van der Waals surface area contributed by atoms with E-state index in [-0.39, 0.29) is 0 Å². The average molecular weight is 231 g/mol. The molecule has 0 aromatic rings. The Morgan fingerprint density at radius 3 is 2.80 bits per heavy atom. The second kappa shape index (κ2) is 5.09. The first-order valence-electron chi connectivity index (χ1n) is 6.26. The van der Waals surface area contributed by atoms with Crippen molar-refractivity contribution in [1.82, 2.24) is 4.67 Å². The molecule has 3 rings (SSSR count). The van der Waals surface area contributed by atoms with Crippen molar-refractivity contribution in [1.29, 1.82) is 0 Å². The highest BCUT2D eigenvalue weighted by molar-refractivity contribution is 7.43. The molecule has 15 heavy (non-hydrogen) atoms. The van der Waals surface area contributed by atoms with Gasteiger partial charge in [-0.15, -0.1) is 0 Å². The molecule has 4 atom stereocenters. The smallest absolute Gasteiger partial charge is 0.256 e. The Bertz CT molecular complexity index is 213. The van der Waals surface area contributed by atoms with Gasteiger partial charge in [0.25, 0.3) is 8.53 Å². The Morgan fingerprint density at radius 2 is 2.00 bits per heavy atom. The van der Waals surface area contributed by atoms with E-state index in [0.717, 1.165) is 12.5 Å². The van der Waals surface area contributed by atoms with E-state index in [1.807, 2.05) is 13.8 Å². The Kier molecular flexibility index (Phi) is 4.00. The van der Waals surface area contributed by atoms with E-state index in [1.54, 1.807) is 0 Å². The fraction of sp³-hybridized carbons (Fsp3) is 1.00. The Hall–Kier alpha value is 0.310. The summed E-state index contributed by atoms with van der Waals surface area (Å²) in [6, 6.07) is 1.20. The first-order chi connectivity index (χ1) is 7.36. The van der Waals surface area contributed by atoms with Crippen LogP contribution in [0.2, 0.25) is 0 Å². The van der Waals surface area contributed by atoms with Crippen LogP contribution in [0.5, 0.6) is 0 Å². The summed E-state index contributed by atoms with van der Waals surface area (Å²) < 4.78 is 7.59. The fourth-order valence-electron chi connectivity index (χ4n) is 3.17. The third-order valence-corrected chi connectivity index (χ3v) is 5.14. The molecule has 1 N–H and O–H groups in total. The van der Waals surface area contributed by atoms with Gasteiger partial charge in [0.2, 0.25) is 0 Å². The minimum Gasteiger partial charge on any atom is -0.338 e. The highest BCUT2D eigenvalue weighted by atomic mass is 31.2. The minimum atomic E-state index is -1.22. The van der Waals surface area contributed by atoms with Crippen molar-refractivity contribution in [2.75, 3.05) is 6.61 Å². The summed E-state index contributed by atoms with van der Waals surface area (Å²) in [5, 5.41) is 0. The Balaban J connectivity index is 0.000000404. The van der Waals surface area contributed by atoms with E-state index in [4.69, 9.17) is 4.52 Å². The van der Waals surface area contributed by atoms with Crippen LogP contribution in [-0.2, 0) is 4.52 Å². The average Bonchev–Trinajstić information content (AvgIpc) is 2.82. The Labute approximate surface area is 93.8 Å². The molecule has 3 aliphatic rings. The quantitative estimate of drug-likeness (QED) is 0.651. The molecule has 3 fully saturated rings. The molecule has 1 aliphatic carbocycles. The van der Waals surface area contributed by atoms with Gasteiger partial charge in [0, 0.05) is 12.1 Å². The molecular formula is C11H22NO2P. The van der Waals surface area contributed by atoms with E-state index in [2.05, 4.69) is 4.67 Å². The van der Waals surface area contributed by atoms with E-state index in [1.165, 1.54) is 32.1 Å². The number of fused-ring (bicyclic) bond motifs is 3. The second-order valence-electron chi connectivity index (χ2n) is 4.43. The molecule has 2 unspecified atom stereocenters. The van der Waals surface area contributed by atoms with Gasteiger partial charge in [-0.3, -0.25) is 0 Å². The zero-order chi connectivity index (χ0) is 10.8. The largest absolute Gasteiger partial charge is 0.338 e. The molecule has 0 aromatic heterocycles. The topological polar surface area (TPSA) is 32.7 Å². The number of hydrogen-bond donors (Lipinski definition) is 1. The lowest BCUT2D eigenvalue weighted by atomic mass is 9.85. The predicted molar refractivity (Wildman–Crippen MR) is 62.4 cm³/mol. The van der Waals surface area contributed by atoms with Crippen LogP contribution >= 0.6 is 8.53 Å². The van der Waals surface area contributed by atoms with Gasteiger partial charge < -0.3 is 9.42 Å². The van der Waals surface area contributed by atoms with E-state index < -0.39 is 8.53 Å². The lowest BCUT2D eigenvalue weighted by Gasteiger charge is -2.31. The molecule has 2 heterocycles. The van der Waals surface area contributed by atoms with Crippen LogP contribution in [0.1, 0.15) is 46.0 Å². The van der Waals surface area contributed by atoms with Crippen LogP contribution in [0.3, 0.4) is 0 Å². The lowest BCUT2D eigenvalue weighted by molar-refractivity contribution is 0.248. The van der Waals surface area contributed by atoms with Crippen LogP contribution in [0.15, 0.2) is 0 Å². The van der Waals surface area contributed by atoms with E-state index >= 15 is 0 Å². The highest BCUT2D eigenvalue weighted by Crippen LogP contribution is 2.55. The standard InChI is InChI=1S/C9H16NO2P.C2H6/c11-13-10-8(6-12-13)5-7-3-1-2-4-9(7)10;1-2/h7-9,11H,1-6H2;1-2H3/t7-,8?,9-,13?;/m0./s1. The van der Waals surface area contributed by atoms with Gasteiger partial charge in [-0.2, -0.15) is 0 Å². The molecule has 3 nitrogen and oxygen atoms in total. The SMILES string of the molecule is CC.OP1OCC2C[C@@H]3CCCC[C@@H]3N21. The van der Waals surface area contributed by atoms with E-state index in [0.29, 0.717) is 12.1 Å². The van der Waals surface area contributed by atoms with Crippen molar-refractivity contribution in [3.8, 4) is 0 Å². The molecule has 1 saturated carbocycles. The van der Waals surface area contributed by atoms with Gasteiger partial charge in [-0.1, -0.05) is 26.7 Å². The summed E-state index contributed by atoms with van der Waals surface area (Å²) >= 11 is 0. The summed E-state index contributed by atoms with van der Waals surface area (Å²) in [6.07, 6.45) is 6.66. The minimum absolute atomic E-state index is 0.546. The van der Waals surface area contributed by atoms with Crippen molar-refractivity contribution < 1.29 is 9.42 Å². The van der Waals surface area contributed by atoms with Crippen LogP contribution in [0, 0.1) is 5.92 Å². The normalized spacial score (nSPS) is 44.2. The third kappa shape index (κ3) is 2.08. The number of nitrogens with zero attached hydrogens (tertiary/aromatic N) is 1. The summed E-state index contributed by atoms with van der Waals surface area (Å²) in [4.78, 5) is 9.71. The molecule has 2 aliphatic heterocycles. The second-order valence-corrected chi connectivity index (χ2v) is 5.66. The van der Waals surface area contributed by atoms with Gasteiger partial charge in [0.1, 0.15) is 0 Å². The number of hydrogen-bond acceptors (Lipinski definition) is 3. The van der Waals surface area contributed by atoms with Gasteiger partial charge >= 0.3 is 0 Å². The molecule has 0 aromatic carbocycles. The molecule has 88 valence electrons. The zero-order valence-corrected chi connectivity index (χ0v) is 10.6. The first kappa shape index (κ1) is 11.8. The van der Waals surface area contributed by atoms with Gasteiger partial charge in [0.15, 0.2) is 0 Å². The highest BCUT2D eigenvalue weighted by Gasteiger charge is 2.49. The third-order valence-electron chi connectivity index (χ3n) is 3.74. The monoisotopic (exact) mass is 231 g/mol. The van der Waals surface area contributed by atoms with Crippen LogP contribution in [-0.4, -0.2) is 28.3 Å². The maximum atomic E-state index is 9.71. The lowest BCUT2D eigenvalue weighted by Crippen LogP contribution is -2.32. The fourth-order valence-corrected chi connectivity index (χ4v) is 4.61. The first-order valence-corrected chi connectivity index (χ1v) is 7.43. The maximum Gasteiger partial charge on any atom is 0.256 e.